The Bertz CT molecular complexity index is 4380. The molecule has 9 N–H and O–H groups in total. The van der Waals surface area contributed by atoms with Crippen LogP contribution in [0.4, 0.5) is 23.3 Å². The molecule has 6 aromatic carbocycles. The van der Waals surface area contributed by atoms with Crippen LogP contribution in [0, 0.1) is 0 Å². The number of hydrogen-bond acceptors (Lipinski definition) is 17. The van der Waals surface area contributed by atoms with E-state index in [2.05, 4.69) is 76.3 Å². The van der Waals surface area contributed by atoms with Crippen LogP contribution in [-0.4, -0.2) is 173 Å². The number of aromatic amines is 4. The van der Waals surface area contributed by atoms with Crippen LogP contribution < -0.4 is 36.1 Å². The third-order valence-corrected chi connectivity index (χ3v) is 18.4. The molecule has 0 radical (unpaired) electrons. The van der Waals surface area contributed by atoms with Gasteiger partial charge in [-0.3, -0.25) is 29.8 Å². The zero-order valence-electron chi connectivity index (χ0n) is 49.6. The van der Waals surface area contributed by atoms with Gasteiger partial charge in [0.1, 0.15) is 22.9 Å². The summed E-state index contributed by atoms with van der Waals surface area (Å²) in [5, 5.41) is 14.6. The number of H-pyrrole nitrogens is 4. The largest absolute Gasteiger partial charge is 0.493 e. The number of amides is 4. The van der Waals surface area contributed by atoms with Gasteiger partial charge in [-0.2, -0.15) is 4.31 Å². The highest BCUT2D eigenvalue weighted by atomic mass is 35.7. The normalized spacial score (nSPS) is 13.8. The molecule has 2 aliphatic heterocycles. The number of ether oxygens (including phenoxy) is 2. The highest BCUT2D eigenvalue weighted by Gasteiger charge is 2.29. The van der Waals surface area contributed by atoms with Crippen molar-refractivity contribution in [3.05, 3.63) is 191 Å². The number of sulfonamides is 1. The van der Waals surface area contributed by atoms with Gasteiger partial charge in [-0.15, -0.1) is 0 Å². The van der Waals surface area contributed by atoms with Gasteiger partial charge in [0, 0.05) is 88.3 Å². The van der Waals surface area contributed by atoms with E-state index in [0.29, 0.717) is 83.2 Å². The number of imidazole rings is 4. The molecule has 26 nitrogen and oxygen atoms in total. The Hall–Kier alpha value is -9.23. The molecule has 4 aromatic heterocycles. The van der Waals surface area contributed by atoms with Crippen molar-refractivity contribution in [3.63, 3.8) is 0 Å². The second kappa shape index (κ2) is 31.4. The molecule has 2 aliphatic rings. The summed E-state index contributed by atoms with van der Waals surface area (Å²) in [5.41, 5.74) is 3.43. The fraction of sp³-hybridized carbons (Fsp3) is 0.226. The minimum Gasteiger partial charge on any atom is -0.493 e. The van der Waals surface area contributed by atoms with Gasteiger partial charge in [0.2, 0.25) is 21.9 Å². The number of para-hydroxylation sites is 4. The van der Waals surface area contributed by atoms with Gasteiger partial charge in [0.25, 0.3) is 32.7 Å². The molecule has 31 heteroatoms. The lowest BCUT2D eigenvalue weighted by Gasteiger charge is -2.33. The number of nitrogens with zero attached hydrogens (tertiary/aromatic N) is 7. The first-order valence-electron chi connectivity index (χ1n) is 29.2. The van der Waals surface area contributed by atoms with E-state index in [1.54, 1.807) is 84.9 Å². The monoisotopic (exact) mass is 1360 g/mol. The van der Waals surface area contributed by atoms with Crippen molar-refractivity contribution in [2.75, 3.05) is 99.9 Å². The standard InChI is InChI=1S/C31H31ClN8O5S.C25H27ClN8O3.C6H5ClO2S/c32-23-19-21(45-18-6-13-39-14-16-40(17-15-39)46(43,44)22-7-2-1-3-8-22)11-12-24(23)35-29(41)27-28(34-20-33-27)30(42)38-31-36-25-9-4-5-10-26(25)37-31;26-17-14-16(37-13-3-10-34-11-8-27-9-12-34)6-7-18(17)30-23(35)21-22(29-15-28-21)24(36)33-25-31-19-4-1-2-5-20(19)32-25;7-10(8,9)6-4-2-1-3-5-6/h1-5,7-12,19-20H,6,13-18H2,(H,33,34)(H,35,41)(H2,36,37,38,42);1-2,4-7,14-15,27H,3,8-13H2,(H,28,29)(H,30,35)(H2,31,32,33,36);1-5H. The maximum Gasteiger partial charge on any atom is 0.276 e. The highest BCUT2D eigenvalue weighted by Crippen LogP contribution is 2.30. The van der Waals surface area contributed by atoms with Crippen molar-refractivity contribution in [1.29, 1.82) is 0 Å². The van der Waals surface area contributed by atoms with E-state index in [-0.39, 0.29) is 44.6 Å². The average molecular weight is 1360 g/mol. The van der Waals surface area contributed by atoms with Gasteiger partial charge in [-0.1, -0.05) is 83.9 Å². The Morgan fingerprint density at radius 1 is 0.505 bits per heavy atom. The van der Waals surface area contributed by atoms with Crippen LogP contribution in [0.5, 0.6) is 11.5 Å². The minimum absolute atomic E-state index is 0.00137. The first-order valence-corrected chi connectivity index (χ1v) is 33.7. The Balaban J connectivity index is 0.000000180. The third-order valence-electron chi connectivity index (χ3n) is 14.5. The molecule has 0 aliphatic carbocycles. The molecule has 0 bridgehead atoms. The molecule has 2 saturated heterocycles. The highest BCUT2D eigenvalue weighted by molar-refractivity contribution is 8.13. The van der Waals surface area contributed by atoms with E-state index in [9.17, 15) is 36.0 Å². The van der Waals surface area contributed by atoms with E-state index in [0.717, 1.165) is 63.1 Å². The summed E-state index contributed by atoms with van der Waals surface area (Å²) in [6.07, 6.45) is 4.18. The number of fused-ring (bicyclic) bond motifs is 2. The van der Waals surface area contributed by atoms with Crippen LogP contribution in [0.15, 0.2) is 168 Å². The van der Waals surface area contributed by atoms with Crippen LogP contribution in [0.2, 0.25) is 10.0 Å². The second-order valence-corrected chi connectivity index (χ2v) is 26.2. The first kappa shape index (κ1) is 66.7. The fourth-order valence-electron chi connectivity index (χ4n) is 9.79. The predicted molar refractivity (Wildman–Crippen MR) is 355 cm³/mol. The van der Waals surface area contributed by atoms with Crippen molar-refractivity contribution in [1.82, 2.24) is 59.3 Å². The zero-order chi connectivity index (χ0) is 65.3. The molecule has 12 rings (SSSR count). The van der Waals surface area contributed by atoms with E-state index in [4.69, 9.17) is 43.4 Å². The molecule has 0 saturated carbocycles. The van der Waals surface area contributed by atoms with Crippen LogP contribution in [0.3, 0.4) is 0 Å². The van der Waals surface area contributed by atoms with E-state index < -0.39 is 42.7 Å². The Labute approximate surface area is 548 Å². The van der Waals surface area contributed by atoms with Gasteiger partial charge in [0.05, 0.1) is 79.1 Å². The molecule has 0 spiro atoms. The maximum atomic E-state index is 13.0. The molecule has 2 fully saturated rings. The predicted octanol–water partition coefficient (Wildman–Crippen LogP) is 8.95. The lowest BCUT2D eigenvalue weighted by atomic mass is 10.2. The zero-order valence-corrected chi connectivity index (χ0v) is 53.5. The Kier molecular flexibility index (Phi) is 22.5. The summed E-state index contributed by atoms with van der Waals surface area (Å²) in [7, 11) is -1.98. The molecule has 4 amide bonds. The second-order valence-electron chi connectivity index (χ2n) is 20.9. The quantitative estimate of drug-likeness (QED) is 0.0239. The molecule has 6 heterocycles. The summed E-state index contributed by atoms with van der Waals surface area (Å²) < 4.78 is 60.1. The van der Waals surface area contributed by atoms with Crippen LogP contribution in [0.25, 0.3) is 22.1 Å². The number of carbonyl (C=O) groups excluding carboxylic acids is 4. The summed E-state index contributed by atoms with van der Waals surface area (Å²) in [5.74, 6) is -0.693. The van der Waals surface area contributed by atoms with E-state index in [1.165, 1.54) is 29.1 Å². The number of anilines is 4. The number of halogens is 3. The van der Waals surface area contributed by atoms with Crippen LogP contribution in [0.1, 0.15) is 54.8 Å². The molecule has 93 heavy (non-hydrogen) atoms. The fourth-order valence-corrected chi connectivity index (χ4v) is 12.5. The molecule has 0 unspecified atom stereocenters. The molecular formula is C62H63Cl3N16O10S2. The Morgan fingerprint density at radius 2 is 0.935 bits per heavy atom. The molecular weight excluding hydrogens is 1300 g/mol. The van der Waals surface area contributed by atoms with Crippen molar-refractivity contribution in [2.24, 2.45) is 0 Å². The third kappa shape index (κ3) is 18.1. The topological polar surface area (TPSA) is 340 Å². The van der Waals surface area contributed by atoms with Gasteiger partial charge < -0.3 is 55.2 Å². The van der Waals surface area contributed by atoms with Crippen LogP contribution >= 0.6 is 33.9 Å². The first-order chi connectivity index (χ1) is 44.9. The van der Waals surface area contributed by atoms with Crippen LogP contribution in [-0.2, 0) is 19.1 Å². The maximum absolute atomic E-state index is 13.0. The van der Waals surface area contributed by atoms with Gasteiger partial charge in [0.15, 0.2) is 11.4 Å². The Morgan fingerprint density at radius 3 is 1.37 bits per heavy atom. The molecule has 0 atom stereocenters. The minimum atomic E-state index is -3.53. The number of rotatable bonds is 21. The SMILES string of the molecule is O=C(Nc1ccc(OCCCN2CCN(S(=O)(=O)c3ccccc3)CC2)cc1Cl)c1nc[nH]c1C(=O)Nc1nc2ccccc2[nH]1.O=C(Nc1ccc(OCCCN2CCNCC2)cc1Cl)c1nc[nH]c1C(=O)Nc1nc2ccccc2[nH]1.O=S(=O)(Cl)c1ccccc1. The lowest BCUT2D eigenvalue weighted by Crippen LogP contribution is -2.48. The smallest absolute Gasteiger partial charge is 0.276 e. The number of aromatic nitrogens is 8. The van der Waals surface area contributed by atoms with Gasteiger partial charge in [-0.05, 0) is 85.6 Å². The van der Waals surface area contributed by atoms with Gasteiger partial charge in [-0.25, -0.2) is 36.8 Å². The number of carbonyl (C=O) groups is 4. The lowest BCUT2D eigenvalue weighted by molar-refractivity contribution is 0.0985. The molecule has 10 aromatic rings. The average Bonchev–Trinajstić information content (AvgIpc) is 1.59. The van der Waals surface area contributed by atoms with E-state index >= 15 is 0 Å². The molecule has 484 valence electrons. The number of nitrogens with one attached hydrogen (secondary N) is 9. The van der Waals surface area contributed by atoms with E-state index in [1.807, 2.05) is 48.5 Å². The summed E-state index contributed by atoms with van der Waals surface area (Å²) >= 11 is 12.8. The van der Waals surface area contributed by atoms with Crippen molar-refractivity contribution >= 4 is 122 Å². The number of hydrogen-bond donors (Lipinski definition) is 9. The number of piperazine rings is 2. The van der Waals surface area contributed by atoms with Crippen molar-refractivity contribution in [2.45, 2.75) is 22.6 Å². The summed E-state index contributed by atoms with van der Waals surface area (Å²) in [4.78, 5) is 84.8. The number of benzene rings is 6. The van der Waals surface area contributed by atoms with Crippen molar-refractivity contribution in [3.8, 4) is 11.5 Å². The van der Waals surface area contributed by atoms with Gasteiger partial charge >= 0.3 is 0 Å². The summed E-state index contributed by atoms with van der Waals surface area (Å²) in [6, 6.07) is 41.0. The summed E-state index contributed by atoms with van der Waals surface area (Å²) in [6.45, 7) is 9.07. The van der Waals surface area contributed by atoms with Crippen molar-refractivity contribution < 1.29 is 45.5 Å².